The van der Waals surface area contributed by atoms with E-state index in [-0.39, 0.29) is 18.0 Å². The zero-order valence-corrected chi connectivity index (χ0v) is 12.6. The highest BCUT2D eigenvalue weighted by Crippen LogP contribution is 2.30. The standard InChI is InChI=1S/C15H19F3N2O3/c1-20-5-6-23-13(9-20)14(22)19-8-12(21)10-3-2-4-11(7-10)15(16,17)18/h2-4,7,12-13,21H,5-6,8-9H2,1H3,(H,19,22). The summed E-state index contributed by atoms with van der Waals surface area (Å²) in [7, 11) is 1.86. The Bertz CT molecular complexity index is 551. The van der Waals surface area contributed by atoms with Gasteiger partial charge in [-0.2, -0.15) is 13.2 Å². The molecular weight excluding hydrogens is 313 g/mol. The van der Waals surface area contributed by atoms with Crippen molar-refractivity contribution in [2.75, 3.05) is 33.3 Å². The number of ether oxygens (including phenoxy) is 1. The number of carbonyl (C=O) groups is 1. The smallest absolute Gasteiger partial charge is 0.387 e. The van der Waals surface area contributed by atoms with Crippen LogP contribution in [0.15, 0.2) is 24.3 Å². The number of alkyl halides is 3. The number of likely N-dealkylation sites (N-methyl/N-ethyl adjacent to an activating group) is 1. The molecule has 1 saturated heterocycles. The number of nitrogens with one attached hydrogen (secondary N) is 1. The Morgan fingerprint density at radius 2 is 2.26 bits per heavy atom. The zero-order chi connectivity index (χ0) is 17.0. The summed E-state index contributed by atoms with van der Waals surface area (Å²) in [5, 5.41) is 12.5. The van der Waals surface area contributed by atoms with Gasteiger partial charge in [-0.05, 0) is 24.7 Å². The van der Waals surface area contributed by atoms with E-state index in [1.54, 1.807) is 0 Å². The number of hydrogen-bond donors (Lipinski definition) is 2. The molecule has 23 heavy (non-hydrogen) atoms. The fourth-order valence-electron chi connectivity index (χ4n) is 2.29. The minimum Gasteiger partial charge on any atom is -0.387 e. The molecule has 0 saturated carbocycles. The van der Waals surface area contributed by atoms with E-state index in [0.717, 1.165) is 18.7 Å². The molecule has 2 unspecified atom stereocenters. The van der Waals surface area contributed by atoms with Gasteiger partial charge in [0.1, 0.15) is 6.10 Å². The SMILES string of the molecule is CN1CCOC(C(=O)NCC(O)c2cccc(C(F)(F)F)c2)C1. The van der Waals surface area contributed by atoms with Crippen LogP contribution in [0.4, 0.5) is 13.2 Å². The number of rotatable bonds is 4. The van der Waals surface area contributed by atoms with E-state index < -0.39 is 23.9 Å². The van der Waals surface area contributed by atoms with E-state index in [1.807, 2.05) is 11.9 Å². The molecule has 1 aromatic carbocycles. The monoisotopic (exact) mass is 332 g/mol. The molecule has 1 aromatic rings. The van der Waals surface area contributed by atoms with Crippen LogP contribution in [0.25, 0.3) is 0 Å². The fourth-order valence-corrected chi connectivity index (χ4v) is 2.29. The largest absolute Gasteiger partial charge is 0.416 e. The Kier molecular flexibility index (Phi) is 5.61. The van der Waals surface area contributed by atoms with Gasteiger partial charge < -0.3 is 20.1 Å². The third-order valence-corrected chi connectivity index (χ3v) is 3.63. The topological polar surface area (TPSA) is 61.8 Å². The van der Waals surface area contributed by atoms with Crippen LogP contribution >= 0.6 is 0 Å². The van der Waals surface area contributed by atoms with E-state index in [1.165, 1.54) is 12.1 Å². The third-order valence-electron chi connectivity index (χ3n) is 3.63. The molecule has 0 spiro atoms. The van der Waals surface area contributed by atoms with Crippen LogP contribution in [0.1, 0.15) is 17.2 Å². The molecule has 8 heteroatoms. The molecule has 5 nitrogen and oxygen atoms in total. The maximum absolute atomic E-state index is 12.7. The maximum Gasteiger partial charge on any atom is 0.416 e. The van der Waals surface area contributed by atoms with Crippen LogP contribution in [0.5, 0.6) is 0 Å². The van der Waals surface area contributed by atoms with Crippen molar-refractivity contribution in [3.05, 3.63) is 35.4 Å². The molecule has 0 radical (unpaired) electrons. The number of halogens is 3. The number of hydrogen-bond acceptors (Lipinski definition) is 4. The lowest BCUT2D eigenvalue weighted by atomic mass is 10.1. The summed E-state index contributed by atoms with van der Waals surface area (Å²) in [5.74, 6) is -0.387. The number of benzene rings is 1. The molecule has 1 aliphatic heterocycles. The first kappa shape index (κ1) is 17.7. The van der Waals surface area contributed by atoms with Gasteiger partial charge in [-0.25, -0.2) is 0 Å². The fraction of sp³-hybridized carbons (Fsp3) is 0.533. The summed E-state index contributed by atoms with van der Waals surface area (Å²) in [6.45, 7) is 1.43. The van der Waals surface area contributed by atoms with Crippen LogP contribution in [0.2, 0.25) is 0 Å². The van der Waals surface area contributed by atoms with Crippen molar-refractivity contribution < 1.29 is 27.8 Å². The highest BCUT2D eigenvalue weighted by molar-refractivity contribution is 5.81. The third kappa shape index (κ3) is 4.92. The average Bonchev–Trinajstić information content (AvgIpc) is 2.51. The second kappa shape index (κ2) is 7.29. The Morgan fingerprint density at radius 3 is 2.91 bits per heavy atom. The molecule has 0 aliphatic carbocycles. The molecule has 1 fully saturated rings. The molecule has 0 aromatic heterocycles. The number of amides is 1. The lowest BCUT2D eigenvalue weighted by Crippen LogP contribution is -2.49. The minimum atomic E-state index is -4.47. The summed E-state index contributed by atoms with van der Waals surface area (Å²) in [6, 6.07) is 4.42. The highest BCUT2D eigenvalue weighted by atomic mass is 19.4. The summed E-state index contributed by atoms with van der Waals surface area (Å²) in [6.07, 6.45) is -6.33. The van der Waals surface area contributed by atoms with Crippen LogP contribution in [0.3, 0.4) is 0 Å². The van der Waals surface area contributed by atoms with Crippen molar-refractivity contribution in [1.29, 1.82) is 0 Å². The van der Waals surface area contributed by atoms with E-state index in [9.17, 15) is 23.1 Å². The van der Waals surface area contributed by atoms with Crippen LogP contribution in [0, 0.1) is 0 Å². The van der Waals surface area contributed by atoms with Gasteiger partial charge in [0.25, 0.3) is 5.91 Å². The van der Waals surface area contributed by atoms with Gasteiger partial charge in [-0.3, -0.25) is 4.79 Å². The number of aliphatic hydroxyl groups excluding tert-OH is 1. The van der Waals surface area contributed by atoms with Crippen molar-refractivity contribution in [2.45, 2.75) is 18.4 Å². The normalized spacial score (nSPS) is 21.0. The molecule has 1 heterocycles. The van der Waals surface area contributed by atoms with E-state index in [0.29, 0.717) is 13.2 Å². The van der Waals surface area contributed by atoms with Crippen LogP contribution in [-0.4, -0.2) is 55.3 Å². The maximum atomic E-state index is 12.7. The molecule has 1 aliphatic rings. The van der Waals surface area contributed by atoms with Crippen molar-refractivity contribution in [3.8, 4) is 0 Å². The number of morpholine rings is 1. The molecule has 1 amide bonds. The second-order valence-electron chi connectivity index (χ2n) is 5.51. The van der Waals surface area contributed by atoms with Gasteiger partial charge in [-0.1, -0.05) is 12.1 Å². The van der Waals surface area contributed by atoms with Gasteiger partial charge in [0, 0.05) is 19.6 Å². The van der Waals surface area contributed by atoms with E-state index in [2.05, 4.69) is 5.32 Å². The lowest BCUT2D eigenvalue weighted by Gasteiger charge is -2.29. The van der Waals surface area contributed by atoms with Crippen LogP contribution < -0.4 is 5.32 Å². The van der Waals surface area contributed by atoms with Crippen molar-refractivity contribution in [2.24, 2.45) is 0 Å². The van der Waals surface area contributed by atoms with Gasteiger partial charge in [0.2, 0.25) is 0 Å². The zero-order valence-electron chi connectivity index (χ0n) is 12.6. The summed E-state index contributed by atoms with van der Waals surface area (Å²) in [5.41, 5.74) is -0.737. The first-order chi connectivity index (χ1) is 10.8. The van der Waals surface area contributed by atoms with Crippen molar-refractivity contribution >= 4 is 5.91 Å². The van der Waals surface area contributed by atoms with Gasteiger partial charge in [-0.15, -0.1) is 0 Å². The van der Waals surface area contributed by atoms with Gasteiger partial charge in [0.15, 0.2) is 0 Å². The molecule has 0 bridgehead atoms. The van der Waals surface area contributed by atoms with Crippen molar-refractivity contribution in [3.63, 3.8) is 0 Å². The number of nitrogens with zero attached hydrogens (tertiary/aromatic N) is 1. The lowest BCUT2D eigenvalue weighted by molar-refractivity contribution is -0.139. The summed E-state index contributed by atoms with van der Waals surface area (Å²) >= 11 is 0. The Labute approximate surface area is 132 Å². The molecule has 2 atom stereocenters. The minimum absolute atomic E-state index is 0.0989. The Hall–Kier alpha value is -1.64. The predicted molar refractivity (Wildman–Crippen MR) is 76.7 cm³/mol. The first-order valence-corrected chi connectivity index (χ1v) is 7.20. The quantitative estimate of drug-likeness (QED) is 0.869. The molecular formula is C15H19F3N2O3. The Morgan fingerprint density at radius 1 is 1.52 bits per heavy atom. The van der Waals surface area contributed by atoms with E-state index in [4.69, 9.17) is 4.74 Å². The van der Waals surface area contributed by atoms with Gasteiger partial charge in [0.05, 0.1) is 18.3 Å². The summed E-state index contributed by atoms with van der Waals surface area (Å²) in [4.78, 5) is 13.9. The highest BCUT2D eigenvalue weighted by Gasteiger charge is 2.31. The first-order valence-electron chi connectivity index (χ1n) is 7.20. The average molecular weight is 332 g/mol. The number of aliphatic hydroxyl groups is 1. The van der Waals surface area contributed by atoms with Crippen LogP contribution in [-0.2, 0) is 15.7 Å². The second-order valence-corrected chi connectivity index (χ2v) is 5.51. The Balaban J connectivity index is 1.92. The predicted octanol–water partition coefficient (Wildman–Crippen LogP) is 1.19. The van der Waals surface area contributed by atoms with Crippen molar-refractivity contribution in [1.82, 2.24) is 10.2 Å². The van der Waals surface area contributed by atoms with E-state index >= 15 is 0 Å². The number of carbonyl (C=O) groups excluding carboxylic acids is 1. The van der Waals surface area contributed by atoms with Gasteiger partial charge >= 0.3 is 6.18 Å². The molecule has 2 rings (SSSR count). The molecule has 128 valence electrons. The molecule has 2 N–H and O–H groups in total. The summed E-state index contributed by atoms with van der Waals surface area (Å²) < 4.78 is 43.3.